The summed E-state index contributed by atoms with van der Waals surface area (Å²) in [5.74, 6) is 0.431. The van der Waals surface area contributed by atoms with Crippen LogP contribution in [0.4, 0.5) is 0 Å². The molecule has 0 aromatic carbocycles. The van der Waals surface area contributed by atoms with Crippen LogP contribution in [0.2, 0.25) is 0 Å². The standard InChI is InChI=1S/C18H20N6O2/c1-12-16(9-22-26-12)18(25)23-14-2-4-15(5-3-14)24-11-13(8-21-24)17-10-19-6-7-20-17/h6-11,14-15H,2-5H2,1H3,(H,23,25). The fourth-order valence-electron chi connectivity index (χ4n) is 3.38. The molecule has 1 aliphatic rings. The normalized spacial score (nSPS) is 20.0. The van der Waals surface area contributed by atoms with Gasteiger partial charge in [0.05, 0.1) is 30.3 Å². The van der Waals surface area contributed by atoms with Crippen molar-refractivity contribution in [3.8, 4) is 11.3 Å². The summed E-state index contributed by atoms with van der Waals surface area (Å²) < 4.78 is 6.96. The molecular formula is C18H20N6O2. The molecule has 0 spiro atoms. The van der Waals surface area contributed by atoms with Crippen molar-refractivity contribution in [2.24, 2.45) is 0 Å². The molecule has 8 nitrogen and oxygen atoms in total. The number of nitrogens with one attached hydrogen (secondary N) is 1. The summed E-state index contributed by atoms with van der Waals surface area (Å²) in [6.45, 7) is 1.74. The molecule has 1 saturated carbocycles. The quantitative estimate of drug-likeness (QED) is 0.775. The molecule has 0 saturated heterocycles. The molecule has 0 bridgehead atoms. The van der Waals surface area contributed by atoms with Crippen molar-refractivity contribution in [2.75, 3.05) is 0 Å². The van der Waals surface area contributed by atoms with Crippen LogP contribution in [0.25, 0.3) is 11.3 Å². The Balaban J connectivity index is 1.35. The van der Waals surface area contributed by atoms with Crippen LogP contribution in [0.1, 0.15) is 47.8 Å². The Hall–Kier alpha value is -3.03. The molecular weight excluding hydrogens is 332 g/mol. The van der Waals surface area contributed by atoms with Crippen molar-refractivity contribution in [1.82, 2.24) is 30.2 Å². The zero-order valence-electron chi connectivity index (χ0n) is 14.5. The third-order valence-electron chi connectivity index (χ3n) is 4.86. The van der Waals surface area contributed by atoms with Gasteiger partial charge in [0.15, 0.2) is 0 Å². The Morgan fingerprint density at radius 3 is 2.73 bits per heavy atom. The lowest BCUT2D eigenvalue weighted by atomic mass is 9.91. The third-order valence-corrected chi connectivity index (χ3v) is 4.86. The molecule has 0 unspecified atom stereocenters. The number of hydrogen-bond acceptors (Lipinski definition) is 6. The Labute approximate surface area is 150 Å². The van der Waals surface area contributed by atoms with Crippen LogP contribution in [0.15, 0.2) is 41.7 Å². The van der Waals surface area contributed by atoms with Crippen molar-refractivity contribution in [3.63, 3.8) is 0 Å². The number of rotatable bonds is 4. The lowest BCUT2D eigenvalue weighted by molar-refractivity contribution is 0.0920. The van der Waals surface area contributed by atoms with Gasteiger partial charge < -0.3 is 9.84 Å². The molecule has 1 fully saturated rings. The second-order valence-corrected chi connectivity index (χ2v) is 6.57. The maximum Gasteiger partial charge on any atom is 0.256 e. The van der Waals surface area contributed by atoms with E-state index in [2.05, 4.69) is 25.5 Å². The first-order valence-electron chi connectivity index (χ1n) is 8.73. The number of carbonyl (C=O) groups excluding carboxylic acids is 1. The fourth-order valence-corrected chi connectivity index (χ4v) is 3.38. The second-order valence-electron chi connectivity index (χ2n) is 6.57. The number of hydrogen-bond donors (Lipinski definition) is 1. The zero-order chi connectivity index (χ0) is 17.9. The van der Waals surface area contributed by atoms with E-state index >= 15 is 0 Å². The van der Waals surface area contributed by atoms with Gasteiger partial charge in [-0.2, -0.15) is 5.10 Å². The van der Waals surface area contributed by atoms with Crippen molar-refractivity contribution in [2.45, 2.75) is 44.7 Å². The van der Waals surface area contributed by atoms with E-state index in [1.54, 1.807) is 25.5 Å². The van der Waals surface area contributed by atoms with Gasteiger partial charge in [-0.15, -0.1) is 0 Å². The molecule has 4 rings (SSSR count). The van der Waals surface area contributed by atoms with Crippen molar-refractivity contribution < 1.29 is 9.32 Å². The second kappa shape index (κ2) is 7.07. The van der Waals surface area contributed by atoms with Crippen LogP contribution in [-0.4, -0.2) is 36.9 Å². The van der Waals surface area contributed by atoms with Gasteiger partial charge in [0.25, 0.3) is 5.91 Å². The monoisotopic (exact) mass is 352 g/mol. The Bertz CT molecular complexity index is 880. The predicted molar refractivity (Wildman–Crippen MR) is 93.3 cm³/mol. The van der Waals surface area contributed by atoms with E-state index in [0.717, 1.165) is 36.9 Å². The third kappa shape index (κ3) is 3.35. The van der Waals surface area contributed by atoms with Gasteiger partial charge in [-0.05, 0) is 32.6 Å². The molecule has 1 N–H and O–H groups in total. The lowest BCUT2D eigenvalue weighted by Gasteiger charge is -2.29. The summed E-state index contributed by atoms with van der Waals surface area (Å²) in [5.41, 5.74) is 2.30. The Morgan fingerprint density at radius 1 is 1.19 bits per heavy atom. The van der Waals surface area contributed by atoms with E-state index in [1.165, 1.54) is 6.20 Å². The van der Waals surface area contributed by atoms with Gasteiger partial charge in [-0.1, -0.05) is 5.16 Å². The molecule has 0 atom stereocenters. The summed E-state index contributed by atoms with van der Waals surface area (Å²) in [5, 5.41) is 11.2. The minimum Gasteiger partial charge on any atom is -0.361 e. The summed E-state index contributed by atoms with van der Waals surface area (Å²) in [7, 11) is 0. The van der Waals surface area contributed by atoms with Crippen LogP contribution in [0, 0.1) is 6.92 Å². The van der Waals surface area contributed by atoms with Gasteiger partial charge in [-0.3, -0.25) is 19.4 Å². The molecule has 3 aromatic rings. The Kier molecular flexibility index (Phi) is 4.47. The van der Waals surface area contributed by atoms with Crippen molar-refractivity contribution in [3.05, 3.63) is 48.5 Å². The minimum absolute atomic E-state index is 0.115. The zero-order valence-corrected chi connectivity index (χ0v) is 14.5. The average Bonchev–Trinajstić information content (AvgIpc) is 3.32. The number of nitrogens with zero attached hydrogens (tertiary/aromatic N) is 5. The molecule has 1 amide bonds. The van der Waals surface area contributed by atoms with E-state index < -0.39 is 0 Å². The highest BCUT2D eigenvalue weighted by atomic mass is 16.5. The molecule has 0 aliphatic heterocycles. The first-order valence-corrected chi connectivity index (χ1v) is 8.73. The van der Waals surface area contributed by atoms with Gasteiger partial charge in [0.2, 0.25) is 0 Å². The summed E-state index contributed by atoms with van der Waals surface area (Å²) in [4.78, 5) is 20.7. The topological polar surface area (TPSA) is 98.7 Å². The molecule has 3 heterocycles. The molecule has 8 heteroatoms. The van der Waals surface area contributed by atoms with Crippen LogP contribution < -0.4 is 5.32 Å². The van der Waals surface area contributed by atoms with Crippen LogP contribution in [0.3, 0.4) is 0 Å². The molecule has 26 heavy (non-hydrogen) atoms. The largest absolute Gasteiger partial charge is 0.361 e. The molecule has 1 aliphatic carbocycles. The van der Waals surface area contributed by atoms with Crippen LogP contribution >= 0.6 is 0 Å². The van der Waals surface area contributed by atoms with Crippen LogP contribution in [0.5, 0.6) is 0 Å². The fraction of sp³-hybridized carbons (Fsp3) is 0.389. The molecule has 0 radical (unpaired) electrons. The number of aryl methyl sites for hydroxylation is 1. The van der Waals surface area contributed by atoms with Gasteiger partial charge in [0, 0.05) is 30.2 Å². The van der Waals surface area contributed by atoms with E-state index in [9.17, 15) is 4.79 Å². The van der Waals surface area contributed by atoms with Crippen molar-refractivity contribution >= 4 is 5.91 Å². The molecule has 134 valence electrons. The minimum atomic E-state index is -0.115. The first kappa shape index (κ1) is 16.4. The van der Waals surface area contributed by atoms with E-state index in [0.29, 0.717) is 17.4 Å². The number of amides is 1. The number of carbonyl (C=O) groups is 1. The average molecular weight is 352 g/mol. The van der Waals surface area contributed by atoms with Crippen LogP contribution in [-0.2, 0) is 0 Å². The van der Waals surface area contributed by atoms with Crippen molar-refractivity contribution in [1.29, 1.82) is 0 Å². The Morgan fingerprint density at radius 2 is 2.04 bits per heavy atom. The predicted octanol–water partition coefficient (Wildman–Crippen LogP) is 2.55. The molecule has 3 aromatic heterocycles. The highest BCUT2D eigenvalue weighted by Gasteiger charge is 2.25. The van der Waals surface area contributed by atoms with Gasteiger partial charge in [-0.25, -0.2) is 0 Å². The van der Waals surface area contributed by atoms with E-state index in [4.69, 9.17) is 4.52 Å². The highest BCUT2D eigenvalue weighted by Crippen LogP contribution is 2.29. The van der Waals surface area contributed by atoms with Gasteiger partial charge in [0.1, 0.15) is 11.3 Å². The summed E-state index contributed by atoms with van der Waals surface area (Å²) in [6, 6.07) is 0.508. The highest BCUT2D eigenvalue weighted by molar-refractivity contribution is 5.94. The SMILES string of the molecule is Cc1oncc1C(=O)NC1CCC(n2cc(-c3cnccn3)cn2)CC1. The maximum atomic E-state index is 12.3. The number of aromatic nitrogens is 5. The maximum absolute atomic E-state index is 12.3. The summed E-state index contributed by atoms with van der Waals surface area (Å²) >= 11 is 0. The first-order chi connectivity index (χ1) is 12.7. The lowest BCUT2D eigenvalue weighted by Crippen LogP contribution is -2.38. The summed E-state index contributed by atoms with van der Waals surface area (Å²) in [6.07, 6.45) is 14.2. The van der Waals surface area contributed by atoms with E-state index in [-0.39, 0.29) is 11.9 Å². The van der Waals surface area contributed by atoms with E-state index in [1.807, 2.05) is 17.1 Å². The smallest absolute Gasteiger partial charge is 0.256 e. The van der Waals surface area contributed by atoms with Gasteiger partial charge >= 0.3 is 0 Å².